The smallest absolute Gasteiger partial charge is 0.180 e. The van der Waals surface area contributed by atoms with E-state index in [1.165, 1.54) is 59.7 Å². The Morgan fingerprint density at radius 3 is 1.85 bits per heavy atom. The van der Waals surface area contributed by atoms with Crippen LogP contribution in [0.1, 0.15) is 97.0 Å². The molecule has 8 heteroatoms. The number of aromatic nitrogens is 1. The summed E-state index contributed by atoms with van der Waals surface area (Å²) in [7, 11) is 4.23. The molecular weight excluding hydrogens is 989 g/mol. The second-order valence-electron chi connectivity index (χ2n) is 17.0. The number of fused-ring (bicyclic) bond motifs is 1. The number of nitrogens with one attached hydrogen (secondary N) is 3. The molecule has 7 aromatic rings. The molecule has 0 fully saturated rings. The zero-order valence-electron chi connectivity index (χ0n) is 44.4. The molecule has 73 heavy (non-hydrogen) atoms. The minimum Gasteiger partial charge on any atom is -0.667 e. The van der Waals surface area contributed by atoms with Gasteiger partial charge in [0.05, 0.1) is 6.04 Å². The fourth-order valence-corrected chi connectivity index (χ4v) is 8.12. The molecular formula is C65H82N4O2PY-. The summed E-state index contributed by atoms with van der Waals surface area (Å²) in [5.41, 5.74) is 26.7. The number of hydrogen-bond acceptors (Lipinski definition) is 4. The van der Waals surface area contributed by atoms with Crippen LogP contribution in [-0.4, -0.2) is 30.5 Å². The number of H-pyrrole nitrogens is 1. The van der Waals surface area contributed by atoms with Gasteiger partial charge in [-0.2, -0.15) is 0 Å². The van der Waals surface area contributed by atoms with Gasteiger partial charge in [-0.3, -0.25) is 0 Å². The van der Waals surface area contributed by atoms with Gasteiger partial charge in [-0.1, -0.05) is 219 Å². The van der Waals surface area contributed by atoms with E-state index in [9.17, 15) is 4.79 Å². The van der Waals surface area contributed by atoms with E-state index < -0.39 is 0 Å². The van der Waals surface area contributed by atoms with E-state index in [4.69, 9.17) is 10.5 Å². The predicted molar refractivity (Wildman–Crippen MR) is 314 cm³/mol. The Bertz CT molecular complexity index is 2610. The molecule has 1 aromatic heterocycles. The average Bonchev–Trinajstić information content (AvgIpc) is 3.86. The molecule has 6 nitrogen and oxygen atoms in total. The Balaban J connectivity index is 0.000000358. The van der Waals surface area contributed by atoms with Gasteiger partial charge in [0.25, 0.3) is 0 Å². The first-order chi connectivity index (χ1) is 35.3. The molecule has 0 saturated carbocycles. The summed E-state index contributed by atoms with van der Waals surface area (Å²) < 4.78 is 5.59. The van der Waals surface area contributed by atoms with Crippen LogP contribution in [-0.2, 0) is 81.0 Å². The van der Waals surface area contributed by atoms with Crippen molar-refractivity contribution in [1.29, 1.82) is 0 Å². The van der Waals surface area contributed by atoms with Crippen LogP contribution in [0, 0.1) is 6.92 Å². The summed E-state index contributed by atoms with van der Waals surface area (Å²) in [5.74, 6) is 0.399. The molecule has 8 rings (SSSR count). The second-order valence-corrected chi connectivity index (χ2v) is 17.6. The summed E-state index contributed by atoms with van der Waals surface area (Å²) in [6.07, 6.45) is 20.0. The van der Waals surface area contributed by atoms with Crippen molar-refractivity contribution in [3.63, 3.8) is 0 Å². The molecule has 1 aliphatic carbocycles. The first kappa shape index (κ1) is 63.7. The van der Waals surface area contributed by atoms with E-state index in [2.05, 4.69) is 162 Å². The average molecular weight is 1070 g/mol. The van der Waals surface area contributed by atoms with Crippen molar-refractivity contribution >= 4 is 26.4 Å². The van der Waals surface area contributed by atoms with Crippen molar-refractivity contribution in [2.45, 2.75) is 104 Å². The number of aromatic amines is 1. The Labute approximate surface area is 467 Å². The van der Waals surface area contributed by atoms with Gasteiger partial charge in [-0.05, 0) is 123 Å². The van der Waals surface area contributed by atoms with Crippen LogP contribution in [0.15, 0.2) is 218 Å². The van der Waals surface area contributed by atoms with Crippen molar-refractivity contribution in [2.75, 3.05) is 13.2 Å². The van der Waals surface area contributed by atoms with Crippen LogP contribution in [0.2, 0.25) is 0 Å². The second kappa shape index (κ2) is 39.1. The summed E-state index contributed by atoms with van der Waals surface area (Å²) in [6, 6.07) is 55.1. The normalized spacial score (nSPS) is 11.6. The van der Waals surface area contributed by atoms with Gasteiger partial charge in [0, 0.05) is 56.2 Å². The third kappa shape index (κ3) is 24.9. The largest absolute Gasteiger partial charge is 0.667 e. The number of benzene rings is 6. The number of aryl methyl sites for hydroxylation is 5. The first-order valence-corrected chi connectivity index (χ1v) is 26.4. The fourth-order valence-electron chi connectivity index (χ4n) is 7.79. The van der Waals surface area contributed by atoms with E-state index in [1.54, 1.807) is 0 Å². The van der Waals surface area contributed by atoms with Crippen LogP contribution in [0.3, 0.4) is 0 Å². The number of hydrogen-bond donors (Lipinski definition) is 3. The molecule has 6 aromatic carbocycles. The van der Waals surface area contributed by atoms with Gasteiger partial charge in [0.15, 0.2) is 5.88 Å². The van der Waals surface area contributed by atoms with Crippen LogP contribution in [0.4, 0.5) is 0 Å². The Morgan fingerprint density at radius 1 is 0.740 bits per heavy atom. The Morgan fingerprint density at radius 2 is 1.30 bits per heavy atom. The summed E-state index contributed by atoms with van der Waals surface area (Å²) in [4.78, 5) is 14.6. The van der Waals surface area contributed by atoms with E-state index in [-0.39, 0.29) is 44.8 Å². The molecule has 5 N–H and O–H groups in total. The summed E-state index contributed by atoms with van der Waals surface area (Å²) in [5, 5.41) is 4.17. The van der Waals surface area contributed by atoms with Crippen molar-refractivity contribution < 1.29 is 42.2 Å². The summed E-state index contributed by atoms with van der Waals surface area (Å²) in [6.45, 7) is 16.8. The molecule has 1 heterocycles. The van der Waals surface area contributed by atoms with Gasteiger partial charge in [0.2, 0.25) is 0 Å². The Hall–Kier alpha value is -5.46. The molecule has 0 amide bonds. The van der Waals surface area contributed by atoms with Gasteiger partial charge in [-0.15, -0.1) is 15.8 Å². The Kier molecular flexibility index (Phi) is 34.1. The maximum Gasteiger partial charge on any atom is 0.180 e. The molecule has 0 saturated heterocycles. The number of nitrogens with two attached hydrogens (primary N) is 1. The third-order valence-electron chi connectivity index (χ3n) is 11.9. The summed E-state index contributed by atoms with van der Waals surface area (Å²) >= 11 is 0. The molecule has 3 unspecified atom stereocenters. The van der Waals surface area contributed by atoms with Crippen LogP contribution >= 0.6 is 9.24 Å². The molecule has 0 spiro atoms. The zero-order chi connectivity index (χ0) is 52.2. The monoisotopic (exact) mass is 1070 g/mol. The molecule has 1 aliphatic rings. The topological polar surface area (TPSA) is 104 Å². The zero-order valence-corrected chi connectivity index (χ0v) is 48.4. The van der Waals surface area contributed by atoms with Crippen LogP contribution in [0.5, 0.6) is 0 Å². The van der Waals surface area contributed by atoms with E-state index >= 15 is 0 Å². The molecule has 0 aliphatic heterocycles. The van der Waals surface area contributed by atoms with E-state index in [0.717, 1.165) is 77.7 Å². The van der Waals surface area contributed by atoms with Crippen LogP contribution in [0.25, 0.3) is 16.6 Å². The number of rotatable bonds is 19. The van der Waals surface area contributed by atoms with E-state index in [0.29, 0.717) is 18.9 Å². The first-order valence-electron chi connectivity index (χ1n) is 25.6. The standard InChI is InChI=1S/C26H30N.C20H20N2O2.C8H11P.C8H10.C2H6.CH5N.Y/c1-20-14-17-25(19-24(20)18-16-23-11-7-4-8-12-23)26(27)21(2)13-15-22-9-5-3-6-10-22;1-15(24-14-16-7-3-2-4-8-16)22-18(13-23)11-17-12-21-20-10-6-5-9-19(17)20;9-7-6-8-4-2-1-3-5-8;1-2-8-6-4-3-5-7-8;2*1-2;/h3,5-7,9-12,14,17,19,26-27H,2,4,8,13,15-16,18H2,1H3;2-10,12-13,18,21-22H,1,11,14H2;1-5H,6-7,9H2;3-7H,2H2,1H3;1-2H3;2H2,1H3;/q-1;;;;;;. The SMILES string of the molecule is C=C(CCc1ccccc1)C([NH-])c1ccc(C)c(CCC2=CCCC=C2)c1.C=C(NC(C=O)Cc1c[nH]c2ccccc12)OCc1ccccc1.CC.CCc1ccccc1.CN.PCCc1ccccc1.[Y]. The number of carbonyl (C=O) groups is 1. The van der Waals surface area contributed by atoms with Gasteiger partial charge >= 0.3 is 0 Å². The molecule has 3 atom stereocenters. The van der Waals surface area contributed by atoms with Crippen LogP contribution < -0.4 is 11.1 Å². The van der Waals surface area contributed by atoms with E-state index in [1.807, 2.05) is 92.8 Å². The fraction of sp³-hybridized carbons (Fsp3) is 0.277. The van der Waals surface area contributed by atoms with Crippen molar-refractivity contribution in [3.05, 3.63) is 269 Å². The molecule has 383 valence electrons. The number of allylic oxidation sites excluding steroid dienone is 4. The minimum atomic E-state index is -0.382. The number of para-hydroxylation sites is 1. The maximum atomic E-state index is 11.4. The third-order valence-corrected chi connectivity index (χ3v) is 12.1. The van der Waals surface area contributed by atoms with Crippen molar-refractivity contribution in [1.82, 2.24) is 10.3 Å². The predicted octanol–water partition coefficient (Wildman–Crippen LogP) is 16.0. The molecule has 0 bridgehead atoms. The van der Waals surface area contributed by atoms with Crippen molar-refractivity contribution in [3.8, 4) is 0 Å². The molecule has 1 radical (unpaired) electrons. The minimum absolute atomic E-state index is 0. The number of ether oxygens (including phenoxy) is 1. The van der Waals surface area contributed by atoms with Gasteiger partial charge in [0.1, 0.15) is 12.9 Å². The van der Waals surface area contributed by atoms with Crippen molar-refractivity contribution in [2.24, 2.45) is 5.73 Å². The quantitative estimate of drug-likeness (QED) is 0.0325. The van der Waals surface area contributed by atoms with Gasteiger partial charge in [-0.25, -0.2) is 0 Å². The van der Waals surface area contributed by atoms with Gasteiger partial charge < -0.3 is 31.3 Å². The maximum absolute atomic E-state index is 11.4. The number of carbonyl (C=O) groups excluding carboxylic acids is 1. The number of aldehydes is 1.